The minimum Gasteiger partial charge on any atom is -0.463 e. The van der Waals surface area contributed by atoms with Crippen LogP contribution in [0.25, 0.3) is 0 Å². The molecular weight excluding hydrogens is 672 g/mol. The van der Waals surface area contributed by atoms with E-state index in [-0.39, 0.29) is 25.2 Å². The summed E-state index contributed by atoms with van der Waals surface area (Å²) in [5.41, 5.74) is -0.514. The quantitative estimate of drug-likeness (QED) is 0.0664. The van der Waals surface area contributed by atoms with Crippen molar-refractivity contribution in [3.63, 3.8) is 0 Å². The van der Waals surface area contributed by atoms with Crippen LogP contribution in [0.15, 0.2) is 0 Å². The molecule has 0 aliphatic rings. The zero-order valence-corrected chi connectivity index (χ0v) is 32.1. The van der Waals surface area contributed by atoms with Gasteiger partial charge in [-0.1, -0.05) is 32.6 Å². The Kier molecular flexibility index (Phi) is 38.5. The Balaban J connectivity index is 3.13. The monoisotopic (exact) mass is 742 g/mol. The van der Waals surface area contributed by atoms with Crippen LogP contribution in [0, 0.1) is 0 Å². The molecule has 0 aromatic rings. The van der Waals surface area contributed by atoms with E-state index in [4.69, 9.17) is 61.6 Å². The Hall–Kier alpha value is -1.50. The van der Waals surface area contributed by atoms with E-state index in [2.05, 4.69) is 6.92 Å². The van der Waals surface area contributed by atoms with E-state index in [0.29, 0.717) is 145 Å². The normalized spacial score (nSPS) is 11.7. The molecule has 0 spiro atoms. The maximum atomic E-state index is 11.6. The van der Waals surface area contributed by atoms with Gasteiger partial charge < -0.3 is 61.6 Å². The van der Waals surface area contributed by atoms with Crippen LogP contribution in [0.5, 0.6) is 0 Å². The molecule has 0 radical (unpaired) electrons. The summed E-state index contributed by atoms with van der Waals surface area (Å²) in [7, 11) is 0. The van der Waals surface area contributed by atoms with E-state index in [0.717, 1.165) is 12.8 Å². The lowest BCUT2D eigenvalue weighted by atomic mass is 10.1. The Morgan fingerprint density at radius 3 is 0.980 bits per heavy atom. The number of hydrogen-bond acceptors (Lipinski definition) is 15. The molecule has 0 unspecified atom stereocenters. The Morgan fingerprint density at radius 1 is 0.373 bits per heavy atom. The van der Waals surface area contributed by atoms with Crippen LogP contribution in [0.3, 0.4) is 0 Å². The molecule has 51 heavy (non-hydrogen) atoms. The van der Waals surface area contributed by atoms with Gasteiger partial charge in [0, 0.05) is 6.42 Å². The van der Waals surface area contributed by atoms with Crippen molar-refractivity contribution >= 4 is 11.9 Å². The van der Waals surface area contributed by atoms with Gasteiger partial charge in [-0.3, -0.25) is 4.79 Å². The fourth-order valence-electron chi connectivity index (χ4n) is 3.89. The predicted molar refractivity (Wildman–Crippen MR) is 189 cm³/mol. The third-order valence-corrected chi connectivity index (χ3v) is 6.34. The van der Waals surface area contributed by atoms with Crippen LogP contribution in [0.2, 0.25) is 0 Å². The van der Waals surface area contributed by atoms with E-state index >= 15 is 0 Å². The van der Waals surface area contributed by atoms with Crippen LogP contribution in [0.4, 0.5) is 0 Å². The third kappa shape index (κ3) is 44.6. The summed E-state index contributed by atoms with van der Waals surface area (Å²) >= 11 is 0. The molecule has 15 heteroatoms. The van der Waals surface area contributed by atoms with Gasteiger partial charge in [0.1, 0.15) is 18.8 Å². The van der Waals surface area contributed by atoms with Crippen molar-refractivity contribution in [1.82, 2.24) is 0 Å². The second kappa shape index (κ2) is 39.7. The highest BCUT2D eigenvalue weighted by atomic mass is 16.6. The van der Waals surface area contributed by atoms with E-state index in [1.54, 1.807) is 0 Å². The molecule has 304 valence electrons. The maximum Gasteiger partial charge on any atom is 0.332 e. The van der Waals surface area contributed by atoms with Crippen LogP contribution < -0.4 is 0 Å². The Morgan fingerprint density at radius 2 is 0.667 bits per heavy atom. The van der Waals surface area contributed by atoms with Crippen molar-refractivity contribution in [2.24, 2.45) is 0 Å². The highest BCUT2D eigenvalue weighted by Gasteiger charge is 2.15. The number of esters is 2. The molecule has 0 rings (SSSR count). The lowest BCUT2D eigenvalue weighted by molar-refractivity contribution is -0.160. The number of ether oxygens (including phenoxy) is 13. The first-order chi connectivity index (χ1) is 24.8. The summed E-state index contributed by atoms with van der Waals surface area (Å²) in [5.74, 6) is -0.541. The number of hydrogen-bond donors (Lipinski definition) is 0. The van der Waals surface area contributed by atoms with Gasteiger partial charge in [0.2, 0.25) is 0 Å². The first-order valence-electron chi connectivity index (χ1n) is 18.6. The number of carbonyl (C=O) groups is 2. The molecule has 0 saturated heterocycles. The van der Waals surface area contributed by atoms with Crippen LogP contribution >= 0.6 is 0 Å². The second-order valence-electron chi connectivity index (χ2n) is 12.1. The average molecular weight is 743 g/mol. The number of carbonyl (C=O) groups excluding carboxylic acids is 2. The smallest absolute Gasteiger partial charge is 0.332 e. The maximum absolute atomic E-state index is 11.6. The molecular formula is C36H70O15. The van der Waals surface area contributed by atoms with Gasteiger partial charge in [-0.2, -0.15) is 0 Å². The van der Waals surface area contributed by atoms with Crippen molar-refractivity contribution in [2.75, 3.05) is 152 Å². The lowest BCUT2D eigenvalue weighted by Gasteiger charge is -2.19. The van der Waals surface area contributed by atoms with E-state index < -0.39 is 5.60 Å². The van der Waals surface area contributed by atoms with Gasteiger partial charge in [-0.15, -0.1) is 0 Å². The van der Waals surface area contributed by atoms with E-state index in [1.807, 2.05) is 20.8 Å². The molecule has 0 atom stereocenters. The highest BCUT2D eigenvalue weighted by Crippen LogP contribution is 2.07. The summed E-state index contributed by atoms with van der Waals surface area (Å²) in [6.07, 6.45) is 6.05. The third-order valence-electron chi connectivity index (χ3n) is 6.34. The van der Waals surface area contributed by atoms with E-state index in [1.165, 1.54) is 19.3 Å². The molecule has 0 amide bonds. The van der Waals surface area contributed by atoms with Gasteiger partial charge in [-0.05, 0) is 27.2 Å². The zero-order valence-electron chi connectivity index (χ0n) is 32.1. The first-order valence-corrected chi connectivity index (χ1v) is 18.6. The average Bonchev–Trinajstić information content (AvgIpc) is 3.09. The fraction of sp³-hybridized carbons (Fsp3) is 0.944. The number of rotatable bonds is 41. The van der Waals surface area contributed by atoms with Gasteiger partial charge in [0.25, 0.3) is 0 Å². The summed E-state index contributed by atoms with van der Waals surface area (Å²) < 4.78 is 70.0. The number of unbranched alkanes of at least 4 members (excludes halogenated alkanes) is 4. The first kappa shape index (κ1) is 49.5. The minimum absolute atomic E-state index is 0.0864. The largest absolute Gasteiger partial charge is 0.463 e. The lowest BCUT2D eigenvalue weighted by Crippen LogP contribution is -2.27. The second-order valence-corrected chi connectivity index (χ2v) is 12.1. The van der Waals surface area contributed by atoms with Crippen molar-refractivity contribution in [3.05, 3.63) is 0 Å². The van der Waals surface area contributed by atoms with Gasteiger partial charge in [0.05, 0.1) is 139 Å². The summed E-state index contributed by atoms with van der Waals surface area (Å²) in [6.45, 7) is 17.4. The molecule has 0 aromatic heterocycles. The van der Waals surface area contributed by atoms with Gasteiger partial charge >= 0.3 is 11.9 Å². The molecule has 0 fully saturated rings. The van der Waals surface area contributed by atoms with E-state index in [9.17, 15) is 9.59 Å². The molecule has 0 aliphatic carbocycles. The molecule has 0 N–H and O–H groups in total. The fourth-order valence-corrected chi connectivity index (χ4v) is 3.89. The van der Waals surface area contributed by atoms with Crippen molar-refractivity contribution in [1.29, 1.82) is 0 Å². The van der Waals surface area contributed by atoms with Crippen molar-refractivity contribution < 1.29 is 71.2 Å². The Bertz CT molecular complexity index is 736. The summed E-state index contributed by atoms with van der Waals surface area (Å²) in [5, 5.41) is 0. The molecule has 0 aliphatic heterocycles. The van der Waals surface area contributed by atoms with Crippen LogP contribution in [-0.4, -0.2) is 169 Å². The summed E-state index contributed by atoms with van der Waals surface area (Å²) in [4.78, 5) is 23.1. The molecule has 0 saturated carbocycles. The summed E-state index contributed by atoms with van der Waals surface area (Å²) in [6, 6.07) is 0. The van der Waals surface area contributed by atoms with Crippen LogP contribution in [0.1, 0.15) is 66.2 Å². The molecule has 0 bridgehead atoms. The highest BCUT2D eigenvalue weighted by molar-refractivity contribution is 5.71. The van der Waals surface area contributed by atoms with Crippen molar-refractivity contribution in [2.45, 2.75) is 71.8 Å². The van der Waals surface area contributed by atoms with Gasteiger partial charge in [0.15, 0.2) is 0 Å². The Labute approximate surface area is 306 Å². The SMILES string of the molecule is CCCCCCCC(=O)OCCOCCOCCOCCOCCOCCOCCOCCOCCOCCOCCOCC(=O)OC(C)(C)C. The molecule has 0 heterocycles. The van der Waals surface area contributed by atoms with Crippen LogP contribution in [-0.2, 0) is 71.2 Å². The standard InChI is InChI=1S/C36H70O15/c1-5-6-7-8-9-10-34(37)50-32-31-48-28-27-46-24-23-44-20-19-42-16-15-40-12-11-39-13-14-41-17-18-43-21-22-45-25-26-47-29-30-49-33-35(38)51-36(2,3)4/h5-33H2,1-4H3. The zero-order chi connectivity index (χ0) is 37.4. The van der Waals surface area contributed by atoms with Crippen molar-refractivity contribution in [3.8, 4) is 0 Å². The molecule has 0 aromatic carbocycles. The van der Waals surface area contributed by atoms with Gasteiger partial charge in [-0.25, -0.2) is 4.79 Å². The topological polar surface area (TPSA) is 154 Å². The molecule has 15 nitrogen and oxygen atoms in total. The minimum atomic E-state index is -0.514. The predicted octanol–water partition coefficient (Wildman–Crippen LogP) is 3.41.